The van der Waals surface area contributed by atoms with E-state index in [1.54, 1.807) is 12.0 Å². The Labute approximate surface area is 137 Å². The molecule has 0 aliphatic carbocycles. The summed E-state index contributed by atoms with van der Waals surface area (Å²) in [6, 6.07) is 5.74. The Hall–Kier alpha value is -1.27. The van der Waals surface area contributed by atoms with Gasteiger partial charge in [-0.2, -0.15) is 0 Å². The Morgan fingerprint density at radius 1 is 1.43 bits per heavy atom. The number of amidine groups is 1. The summed E-state index contributed by atoms with van der Waals surface area (Å²) in [5.41, 5.74) is 0.951. The summed E-state index contributed by atoms with van der Waals surface area (Å²) in [6.45, 7) is 5.23. The number of nitrogens with zero attached hydrogens (tertiary/aromatic N) is 2. The minimum atomic E-state index is 0.0154. The van der Waals surface area contributed by atoms with Crippen LogP contribution in [0.4, 0.5) is 0 Å². The van der Waals surface area contributed by atoms with E-state index in [2.05, 4.69) is 20.9 Å². The number of thioether (sulfide) groups is 1. The van der Waals surface area contributed by atoms with Crippen molar-refractivity contribution in [1.82, 2.24) is 4.90 Å². The zero-order valence-electron chi connectivity index (χ0n) is 12.2. The standard InChI is InChI=1S/C15H17BrN2O2S/c1-4-17-15-18(5-2)14(19)13(21-15)9-10-6-7-12(20-3)11(16)8-10/h6-9H,4-5H2,1-3H3/b13-9-,17-15?. The van der Waals surface area contributed by atoms with Crippen molar-refractivity contribution in [2.24, 2.45) is 4.99 Å². The molecule has 1 saturated heterocycles. The second kappa shape index (κ2) is 7.13. The average molecular weight is 369 g/mol. The lowest BCUT2D eigenvalue weighted by atomic mass is 10.2. The molecule has 0 spiro atoms. The smallest absolute Gasteiger partial charge is 0.266 e. The van der Waals surface area contributed by atoms with Crippen molar-refractivity contribution >= 4 is 44.8 Å². The number of ether oxygens (including phenoxy) is 1. The summed E-state index contributed by atoms with van der Waals surface area (Å²) in [7, 11) is 1.63. The van der Waals surface area contributed by atoms with Gasteiger partial charge in [0.2, 0.25) is 0 Å². The molecule has 21 heavy (non-hydrogen) atoms. The van der Waals surface area contributed by atoms with Crippen LogP contribution < -0.4 is 4.74 Å². The number of methoxy groups -OCH3 is 1. The molecule has 4 nitrogen and oxygen atoms in total. The van der Waals surface area contributed by atoms with Crippen LogP contribution in [0.15, 0.2) is 32.6 Å². The van der Waals surface area contributed by atoms with Crippen LogP contribution in [0.25, 0.3) is 6.08 Å². The highest BCUT2D eigenvalue weighted by molar-refractivity contribution is 9.10. The molecule has 1 amide bonds. The minimum Gasteiger partial charge on any atom is -0.496 e. The highest BCUT2D eigenvalue weighted by Gasteiger charge is 2.31. The molecule has 1 aromatic rings. The van der Waals surface area contributed by atoms with Gasteiger partial charge in [-0.15, -0.1) is 0 Å². The summed E-state index contributed by atoms with van der Waals surface area (Å²) in [6.07, 6.45) is 1.89. The van der Waals surface area contributed by atoms with Gasteiger partial charge < -0.3 is 4.74 Å². The van der Waals surface area contributed by atoms with Gasteiger partial charge in [-0.25, -0.2) is 0 Å². The maximum Gasteiger partial charge on any atom is 0.266 e. The lowest BCUT2D eigenvalue weighted by Gasteiger charge is -2.11. The predicted octanol–water partition coefficient (Wildman–Crippen LogP) is 3.77. The van der Waals surface area contributed by atoms with Gasteiger partial charge in [-0.05, 0) is 65.3 Å². The molecule has 0 saturated carbocycles. The second-order valence-electron chi connectivity index (χ2n) is 4.31. The molecular weight excluding hydrogens is 352 g/mol. The van der Waals surface area contributed by atoms with Crippen LogP contribution in [0.3, 0.4) is 0 Å². The van der Waals surface area contributed by atoms with Crippen molar-refractivity contribution in [2.75, 3.05) is 20.2 Å². The van der Waals surface area contributed by atoms with Crippen LogP contribution in [-0.2, 0) is 4.79 Å². The third-order valence-corrected chi connectivity index (χ3v) is 4.64. The molecule has 1 aliphatic rings. The fraction of sp³-hybridized carbons (Fsp3) is 0.333. The molecule has 0 N–H and O–H groups in total. The summed E-state index contributed by atoms with van der Waals surface area (Å²) in [5.74, 6) is 0.785. The molecular formula is C15H17BrN2O2S. The quantitative estimate of drug-likeness (QED) is 0.759. The lowest BCUT2D eigenvalue weighted by Crippen LogP contribution is -2.28. The number of aliphatic imine (C=N–C) groups is 1. The molecule has 1 heterocycles. The average Bonchev–Trinajstić information content (AvgIpc) is 2.75. The molecule has 0 atom stereocenters. The zero-order chi connectivity index (χ0) is 15.4. The molecule has 1 aromatic carbocycles. The van der Waals surface area contributed by atoms with Gasteiger partial charge in [0.05, 0.1) is 16.5 Å². The van der Waals surface area contributed by atoms with E-state index in [4.69, 9.17) is 4.74 Å². The van der Waals surface area contributed by atoms with E-state index in [0.29, 0.717) is 18.0 Å². The minimum absolute atomic E-state index is 0.0154. The Bertz CT molecular complexity index is 614. The van der Waals surface area contributed by atoms with E-state index >= 15 is 0 Å². The number of benzene rings is 1. The number of rotatable bonds is 4. The number of hydrogen-bond acceptors (Lipinski definition) is 4. The first kappa shape index (κ1) is 16.1. The Kier molecular flexibility index (Phi) is 5.47. The van der Waals surface area contributed by atoms with Gasteiger partial charge in [0.15, 0.2) is 5.17 Å². The number of carbonyl (C=O) groups is 1. The highest BCUT2D eigenvalue weighted by Crippen LogP contribution is 2.33. The Morgan fingerprint density at radius 2 is 2.19 bits per heavy atom. The monoisotopic (exact) mass is 368 g/mol. The molecule has 6 heteroatoms. The van der Waals surface area contributed by atoms with Crippen LogP contribution in [0.1, 0.15) is 19.4 Å². The maximum atomic E-state index is 12.4. The van der Waals surface area contributed by atoms with Crippen molar-refractivity contribution < 1.29 is 9.53 Å². The Balaban J connectivity index is 2.31. The summed E-state index contributed by atoms with van der Waals surface area (Å²) < 4.78 is 6.07. The Morgan fingerprint density at radius 3 is 2.76 bits per heavy atom. The first-order valence-electron chi connectivity index (χ1n) is 6.70. The van der Waals surface area contributed by atoms with Crippen LogP contribution in [-0.4, -0.2) is 36.2 Å². The fourth-order valence-corrected chi connectivity index (χ4v) is 3.63. The first-order chi connectivity index (χ1) is 10.1. The van der Waals surface area contributed by atoms with Crippen LogP contribution in [0, 0.1) is 0 Å². The number of likely N-dealkylation sites (N-methyl/N-ethyl adjacent to an activating group) is 1. The highest BCUT2D eigenvalue weighted by atomic mass is 79.9. The van der Waals surface area contributed by atoms with E-state index in [1.165, 1.54) is 11.8 Å². The van der Waals surface area contributed by atoms with E-state index in [0.717, 1.165) is 21.0 Å². The third kappa shape index (κ3) is 3.49. The molecule has 1 aliphatic heterocycles. The van der Waals surface area contributed by atoms with E-state index in [9.17, 15) is 4.79 Å². The van der Waals surface area contributed by atoms with Gasteiger partial charge >= 0.3 is 0 Å². The number of hydrogen-bond donors (Lipinski definition) is 0. The first-order valence-corrected chi connectivity index (χ1v) is 8.31. The summed E-state index contributed by atoms with van der Waals surface area (Å²) in [5, 5.41) is 0.781. The molecule has 2 rings (SSSR count). The molecule has 0 aromatic heterocycles. The second-order valence-corrected chi connectivity index (χ2v) is 6.17. The van der Waals surface area contributed by atoms with Gasteiger partial charge in [-0.1, -0.05) is 6.07 Å². The molecule has 112 valence electrons. The maximum absolute atomic E-state index is 12.4. The van der Waals surface area contributed by atoms with Crippen molar-refractivity contribution in [1.29, 1.82) is 0 Å². The SMILES string of the molecule is CCN=C1S/C(=C\c2ccc(OC)c(Br)c2)C(=O)N1CC. The normalized spacial score (nSPS) is 18.9. The van der Waals surface area contributed by atoms with Gasteiger partial charge in [-0.3, -0.25) is 14.7 Å². The predicted molar refractivity (Wildman–Crippen MR) is 91.6 cm³/mol. The third-order valence-electron chi connectivity index (χ3n) is 2.97. The van der Waals surface area contributed by atoms with Gasteiger partial charge in [0.25, 0.3) is 5.91 Å². The van der Waals surface area contributed by atoms with E-state index in [1.807, 2.05) is 38.1 Å². The van der Waals surface area contributed by atoms with Crippen molar-refractivity contribution in [3.63, 3.8) is 0 Å². The zero-order valence-corrected chi connectivity index (χ0v) is 14.6. The van der Waals surface area contributed by atoms with Gasteiger partial charge in [0.1, 0.15) is 5.75 Å². The van der Waals surface area contributed by atoms with E-state index in [-0.39, 0.29) is 5.91 Å². The van der Waals surface area contributed by atoms with Crippen molar-refractivity contribution in [3.8, 4) is 5.75 Å². The fourth-order valence-electron chi connectivity index (χ4n) is 1.96. The molecule has 0 radical (unpaired) electrons. The summed E-state index contributed by atoms with van der Waals surface area (Å²) in [4.78, 5) is 19.1. The van der Waals surface area contributed by atoms with Gasteiger partial charge in [0, 0.05) is 13.1 Å². The molecule has 0 unspecified atom stereocenters. The number of carbonyl (C=O) groups excluding carboxylic acids is 1. The van der Waals surface area contributed by atoms with Crippen molar-refractivity contribution in [2.45, 2.75) is 13.8 Å². The molecule has 1 fully saturated rings. The summed E-state index contributed by atoms with van der Waals surface area (Å²) >= 11 is 4.88. The van der Waals surface area contributed by atoms with Crippen LogP contribution in [0.5, 0.6) is 5.75 Å². The topological polar surface area (TPSA) is 41.9 Å². The van der Waals surface area contributed by atoms with E-state index < -0.39 is 0 Å². The largest absolute Gasteiger partial charge is 0.496 e. The van der Waals surface area contributed by atoms with Crippen LogP contribution >= 0.6 is 27.7 Å². The number of halogens is 1. The molecule has 0 bridgehead atoms. The van der Waals surface area contributed by atoms with Crippen LogP contribution in [0.2, 0.25) is 0 Å². The van der Waals surface area contributed by atoms with Crippen molar-refractivity contribution in [3.05, 3.63) is 33.1 Å². The lowest BCUT2D eigenvalue weighted by molar-refractivity contribution is -0.122. The number of amides is 1.